The van der Waals surface area contributed by atoms with E-state index in [1.807, 2.05) is 6.07 Å². The Morgan fingerprint density at radius 3 is 2.67 bits per heavy atom. The first kappa shape index (κ1) is 16.0. The van der Waals surface area contributed by atoms with Crippen LogP contribution in [0.2, 0.25) is 0 Å². The van der Waals surface area contributed by atoms with Crippen LogP contribution in [0.25, 0.3) is 16.8 Å². The summed E-state index contributed by atoms with van der Waals surface area (Å²) in [5.74, 6) is -1.32. The minimum atomic E-state index is -0.693. The number of benzene rings is 2. The van der Waals surface area contributed by atoms with Crippen LogP contribution < -0.4 is 11.1 Å². The van der Waals surface area contributed by atoms with Crippen LogP contribution in [0.4, 0.5) is 20.2 Å². The van der Waals surface area contributed by atoms with Crippen LogP contribution in [0, 0.1) is 11.6 Å². The van der Waals surface area contributed by atoms with E-state index < -0.39 is 17.0 Å². The number of carbonyl (C=O) groups is 1. The Balaban J connectivity index is 1.58. The first-order chi connectivity index (χ1) is 13.0. The van der Waals surface area contributed by atoms with Gasteiger partial charge in [0.1, 0.15) is 11.5 Å². The van der Waals surface area contributed by atoms with E-state index in [1.54, 1.807) is 18.5 Å². The number of hydrogen-bond donors (Lipinski definition) is 2. The lowest BCUT2D eigenvalue weighted by atomic mass is 9.65. The second-order valence-corrected chi connectivity index (χ2v) is 7.15. The molecule has 1 saturated carbocycles. The Kier molecular flexibility index (Phi) is 3.19. The molecular weight excluding hydrogens is 350 g/mol. The first-order valence-electron chi connectivity index (χ1n) is 8.74. The van der Waals surface area contributed by atoms with E-state index in [0.29, 0.717) is 11.4 Å². The van der Waals surface area contributed by atoms with Crippen molar-refractivity contribution in [1.82, 2.24) is 9.78 Å². The highest BCUT2D eigenvalue weighted by Crippen LogP contribution is 2.53. The number of halogens is 2. The fourth-order valence-corrected chi connectivity index (χ4v) is 4.00. The number of hydrogen-bond acceptors (Lipinski definition) is 3. The van der Waals surface area contributed by atoms with Gasteiger partial charge in [0, 0.05) is 17.8 Å². The van der Waals surface area contributed by atoms with Crippen LogP contribution in [-0.2, 0) is 10.2 Å². The molecule has 1 amide bonds. The number of nitrogens with two attached hydrogens (primary N) is 1. The van der Waals surface area contributed by atoms with Gasteiger partial charge < -0.3 is 11.1 Å². The van der Waals surface area contributed by atoms with E-state index in [0.717, 1.165) is 42.0 Å². The molecule has 1 aliphatic carbocycles. The molecule has 0 saturated heterocycles. The Bertz CT molecular complexity index is 1100. The molecule has 2 aliphatic rings. The summed E-state index contributed by atoms with van der Waals surface area (Å²) in [4.78, 5) is 12.4. The number of anilines is 2. The number of fused-ring (bicyclic) bond motifs is 2. The number of nitrogen functional groups attached to an aromatic ring is 1. The van der Waals surface area contributed by atoms with Crippen molar-refractivity contribution in [2.24, 2.45) is 0 Å². The maximum Gasteiger partial charge on any atom is 0.235 e. The van der Waals surface area contributed by atoms with Crippen molar-refractivity contribution >= 4 is 17.3 Å². The van der Waals surface area contributed by atoms with Crippen molar-refractivity contribution in [2.75, 3.05) is 11.1 Å². The highest BCUT2D eigenvalue weighted by atomic mass is 19.1. The molecule has 7 heteroatoms. The van der Waals surface area contributed by atoms with Gasteiger partial charge in [-0.2, -0.15) is 5.10 Å². The Morgan fingerprint density at radius 1 is 1.15 bits per heavy atom. The van der Waals surface area contributed by atoms with Gasteiger partial charge >= 0.3 is 0 Å². The number of nitrogens with one attached hydrogen (secondary N) is 1. The van der Waals surface area contributed by atoms with Crippen molar-refractivity contribution in [3.63, 3.8) is 0 Å². The van der Waals surface area contributed by atoms with E-state index in [1.165, 1.54) is 16.8 Å². The third-order valence-corrected chi connectivity index (χ3v) is 5.64. The molecule has 2 heterocycles. The molecule has 136 valence electrons. The summed E-state index contributed by atoms with van der Waals surface area (Å²) in [6.45, 7) is 0. The Morgan fingerprint density at radius 2 is 1.96 bits per heavy atom. The maximum atomic E-state index is 14.0. The minimum Gasteiger partial charge on any atom is -0.397 e. The summed E-state index contributed by atoms with van der Waals surface area (Å²) < 4.78 is 28.5. The highest BCUT2D eigenvalue weighted by molar-refractivity contribution is 6.10. The predicted molar refractivity (Wildman–Crippen MR) is 97.5 cm³/mol. The van der Waals surface area contributed by atoms with E-state index in [-0.39, 0.29) is 11.6 Å². The summed E-state index contributed by atoms with van der Waals surface area (Å²) in [5.41, 5.74) is 9.54. The molecule has 0 atom stereocenters. The fraction of sp³-hybridized carbons (Fsp3) is 0.200. The zero-order valence-electron chi connectivity index (χ0n) is 14.3. The number of rotatable bonds is 2. The van der Waals surface area contributed by atoms with Crippen LogP contribution in [0.1, 0.15) is 24.8 Å². The van der Waals surface area contributed by atoms with Gasteiger partial charge in [0.2, 0.25) is 5.91 Å². The molecule has 5 nitrogen and oxygen atoms in total. The summed E-state index contributed by atoms with van der Waals surface area (Å²) in [5, 5.41) is 7.10. The lowest BCUT2D eigenvalue weighted by Gasteiger charge is -2.36. The molecule has 1 fully saturated rings. The maximum absolute atomic E-state index is 14.0. The van der Waals surface area contributed by atoms with Crippen molar-refractivity contribution in [1.29, 1.82) is 0 Å². The third-order valence-electron chi connectivity index (χ3n) is 5.64. The average molecular weight is 366 g/mol. The number of carbonyl (C=O) groups excluding carboxylic acids is 1. The van der Waals surface area contributed by atoms with Gasteiger partial charge in [-0.15, -0.1) is 0 Å². The van der Waals surface area contributed by atoms with Crippen LogP contribution >= 0.6 is 0 Å². The number of aromatic nitrogens is 2. The fourth-order valence-electron chi connectivity index (χ4n) is 4.00. The quantitative estimate of drug-likeness (QED) is 0.678. The van der Waals surface area contributed by atoms with Crippen LogP contribution in [0.15, 0.2) is 42.7 Å². The van der Waals surface area contributed by atoms with Crippen LogP contribution in [0.5, 0.6) is 0 Å². The average Bonchev–Trinajstić information content (AvgIpc) is 3.17. The molecule has 27 heavy (non-hydrogen) atoms. The van der Waals surface area contributed by atoms with Crippen molar-refractivity contribution in [3.05, 3.63) is 59.9 Å². The predicted octanol–water partition coefficient (Wildman–Crippen LogP) is 3.77. The molecule has 1 spiro atoms. The summed E-state index contributed by atoms with van der Waals surface area (Å²) in [7, 11) is 0. The second-order valence-electron chi connectivity index (χ2n) is 7.15. The second kappa shape index (κ2) is 5.39. The molecule has 2 aromatic carbocycles. The monoisotopic (exact) mass is 366 g/mol. The van der Waals surface area contributed by atoms with Gasteiger partial charge in [0.25, 0.3) is 0 Å². The molecule has 0 bridgehead atoms. The van der Waals surface area contributed by atoms with Gasteiger partial charge in [-0.05, 0) is 48.2 Å². The van der Waals surface area contributed by atoms with Gasteiger partial charge in [-0.25, -0.2) is 13.5 Å². The number of nitrogens with zero attached hydrogens (tertiary/aromatic N) is 2. The van der Waals surface area contributed by atoms with Crippen molar-refractivity contribution in [3.8, 4) is 16.8 Å². The summed E-state index contributed by atoms with van der Waals surface area (Å²) >= 11 is 0. The molecule has 3 N–H and O–H groups in total. The van der Waals surface area contributed by atoms with Crippen LogP contribution in [-0.4, -0.2) is 15.7 Å². The standard InChI is InChI=1S/C20H16F2N4O/c21-13-2-3-17(15(22)8-13)26-10-12(9-24-26)11-6-14-18(16(23)7-11)25-19(27)20(14)4-1-5-20/h2-3,6-10H,1,4-5,23H2,(H,25,27). The zero-order valence-corrected chi connectivity index (χ0v) is 14.3. The normalized spacial score (nSPS) is 16.9. The van der Waals surface area contributed by atoms with Gasteiger partial charge in [-0.3, -0.25) is 4.79 Å². The van der Waals surface area contributed by atoms with E-state index in [9.17, 15) is 13.6 Å². The van der Waals surface area contributed by atoms with E-state index >= 15 is 0 Å². The molecule has 5 rings (SSSR count). The van der Waals surface area contributed by atoms with Crippen molar-refractivity contribution in [2.45, 2.75) is 24.7 Å². The first-order valence-corrected chi connectivity index (χ1v) is 8.74. The van der Waals surface area contributed by atoms with Crippen molar-refractivity contribution < 1.29 is 13.6 Å². The third kappa shape index (κ3) is 2.21. The highest BCUT2D eigenvalue weighted by Gasteiger charge is 2.51. The van der Waals surface area contributed by atoms with Gasteiger partial charge in [0.15, 0.2) is 5.82 Å². The van der Waals surface area contributed by atoms with Crippen LogP contribution in [0.3, 0.4) is 0 Å². The molecule has 1 aromatic heterocycles. The summed E-state index contributed by atoms with van der Waals surface area (Å²) in [6, 6.07) is 7.08. The Labute approximate surface area is 153 Å². The lowest BCUT2D eigenvalue weighted by molar-refractivity contribution is -0.123. The topological polar surface area (TPSA) is 72.9 Å². The molecule has 0 unspecified atom stereocenters. The Hall–Kier alpha value is -3.22. The van der Waals surface area contributed by atoms with E-state index in [4.69, 9.17) is 5.73 Å². The molecule has 1 aliphatic heterocycles. The smallest absolute Gasteiger partial charge is 0.235 e. The molecule has 3 aromatic rings. The minimum absolute atomic E-state index is 0.0108. The number of amides is 1. The van der Waals surface area contributed by atoms with Gasteiger partial charge in [0.05, 0.1) is 23.0 Å². The van der Waals surface area contributed by atoms with E-state index in [2.05, 4.69) is 10.4 Å². The summed E-state index contributed by atoms with van der Waals surface area (Å²) in [6.07, 6.45) is 5.90. The zero-order chi connectivity index (χ0) is 18.8. The molecular formula is C20H16F2N4O. The largest absolute Gasteiger partial charge is 0.397 e. The SMILES string of the molecule is Nc1cc(-c2cnn(-c3ccc(F)cc3F)c2)cc2c1NC(=O)C21CCC1. The lowest BCUT2D eigenvalue weighted by Crippen LogP contribution is -2.40. The van der Waals surface area contributed by atoms with Gasteiger partial charge in [-0.1, -0.05) is 6.42 Å². The molecule has 0 radical (unpaired) electrons.